The van der Waals surface area contributed by atoms with Crippen molar-refractivity contribution >= 4 is 5.69 Å². The average molecular weight is 274 g/mol. The highest BCUT2D eigenvalue weighted by Gasteiger charge is 2.09. The van der Waals surface area contributed by atoms with Crippen LogP contribution in [0.3, 0.4) is 0 Å². The van der Waals surface area contributed by atoms with Crippen LogP contribution in [0.1, 0.15) is 11.1 Å². The number of nitrogens with one attached hydrogen (secondary N) is 1. The molecule has 0 amide bonds. The van der Waals surface area contributed by atoms with E-state index in [2.05, 4.69) is 5.32 Å². The molecule has 0 unspecified atom stereocenters. The van der Waals surface area contributed by atoms with E-state index in [0.29, 0.717) is 22.6 Å². The van der Waals surface area contributed by atoms with E-state index in [1.165, 1.54) is 19.2 Å². The first-order chi connectivity index (χ1) is 9.63. The minimum absolute atomic E-state index is 0.184. The second kappa shape index (κ2) is 6.02. The van der Waals surface area contributed by atoms with Gasteiger partial charge in [0.2, 0.25) is 0 Å². The summed E-state index contributed by atoms with van der Waals surface area (Å²) in [7, 11) is 1.49. The van der Waals surface area contributed by atoms with Crippen molar-refractivity contribution in [3.8, 4) is 11.8 Å². The fourth-order valence-electron chi connectivity index (χ4n) is 1.88. The highest BCUT2D eigenvalue weighted by atomic mass is 19.1. The van der Waals surface area contributed by atoms with E-state index < -0.39 is 11.6 Å². The predicted octanol–water partition coefficient (Wildman–Crippen LogP) is 3.46. The highest BCUT2D eigenvalue weighted by Crippen LogP contribution is 2.28. The molecule has 0 radical (unpaired) electrons. The van der Waals surface area contributed by atoms with Gasteiger partial charge in [0.15, 0.2) is 0 Å². The quantitative estimate of drug-likeness (QED) is 0.928. The van der Waals surface area contributed by atoms with Gasteiger partial charge < -0.3 is 10.1 Å². The van der Waals surface area contributed by atoms with Crippen LogP contribution in [0.2, 0.25) is 0 Å². The van der Waals surface area contributed by atoms with Crippen molar-refractivity contribution in [1.82, 2.24) is 0 Å². The standard InChI is InChI=1S/C15H12F2N2O/c1-20-14-4-2-3-11(8-18)15(14)19-9-10-5-12(16)7-13(17)6-10/h2-7,19H,9H2,1H3. The van der Waals surface area contributed by atoms with Gasteiger partial charge in [0, 0.05) is 12.6 Å². The number of hydrogen-bond donors (Lipinski definition) is 1. The number of nitrogens with zero attached hydrogens (tertiary/aromatic N) is 1. The van der Waals surface area contributed by atoms with Gasteiger partial charge in [-0.15, -0.1) is 0 Å². The Balaban J connectivity index is 2.24. The second-order valence-electron chi connectivity index (χ2n) is 4.13. The fraction of sp³-hybridized carbons (Fsp3) is 0.133. The Morgan fingerprint density at radius 2 is 1.90 bits per heavy atom. The van der Waals surface area contributed by atoms with Crippen LogP contribution in [0.15, 0.2) is 36.4 Å². The van der Waals surface area contributed by atoms with Gasteiger partial charge in [-0.1, -0.05) is 6.07 Å². The lowest BCUT2D eigenvalue weighted by Gasteiger charge is -2.12. The zero-order chi connectivity index (χ0) is 14.5. The van der Waals surface area contributed by atoms with Gasteiger partial charge in [0.05, 0.1) is 18.4 Å². The Bertz CT molecular complexity index is 645. The molecular weight excluding hydrogens is 262 g/mol. The Labute approximate surface area is 115 Å². The lowest BCUT2D eigenvalue weighted by atomic mass is 10.1. The summed E-state index contributed by atoms with van der Waals surface area (Å²) < 4.78 is 31.4. The molecule has 0 saturated heterocycles. The molecule has 102 valence electrons. The van der Waals surface area contributed by atoms with Gasteiger partial charge in [0.1, 0.15) is 23.5 Å². The van der Waals surface area contributed by atoms with Crippen molar-refractivity contribution in [2.45, 2.75) is 6.54 Å². The number of ether oxygens (including phenoxy) is 1. The molecule has 0 aliphatic rings. The Morgan fingerprint density at radius 3 is 2.50 bits per heavy atom. The minimum Gasteiger partial charge on any atom is -0.495 e. The molecule has 0 atom stereocenters. The summed E-state index contributed by atoms with van der Waals surface area (Å²) >= 11 is 0. The molecule has 0 spiro atoms. The molecule has 5 heteroatoms. The molecule has 3 nitrogen and oxygen atoms in total. The first-order valence-corrected chi connectivity index (χ1v) is 5.90. The zero-order valence-electron chi connectivity index (χ0n) is 10.8. The highest BCUT2D eigenvalue weighted by molar-refractivity contribution is 5.66. The number of methoxy groups -OCH3 is 1. The number of halogens is 2. The topological polar surface area (TPSA) is 45.0 Å². The number of para-hydroxylation sites is 1. The maximum absolute atomic E-state index is 13.1. The van der Waals surface area contributed by atoms with Crippen LogP contribution in [0.25, 0.3) is 0 Å². The van der Waals surface area contributed by atoms with Crippen LogP contribution in [0.5, 0.6) is 5.75 Å². The van der Waals surface area contributed by atoms with E-state index in [0.717, 1.165) is 6.07 Å². The van der Waals surface area contributed by atoms with E-state index in [1.807, 2.05) is 6.07 Å². The van der Waals surface area contributed by atoms with Crippen LogP contribution >= 0.6 is 0 Å². The number of anilines is 1. The maximum Gasteiger partial charge on any atom is 0.143 e. The summed E-state index contributed by atoms with van der Waals surface area (Å²) in [5.41, 5.74) is 1.35. The third-order valence-corrected chi connectivity index (χ3v) is 2.76. The van der Waals surface area contributed by atoms with Crippen molar-refractivity contribution in [2.24, 2.45) is 0 Å². The molecule has 0 aliphatic carbocycles. The van der Waals surface area contributed by atoms with Crippen molar-refractivity contribution in [3.63, 3.8) is 0 Å². The largest absolute Gasteiger partial charge is 0.495 e. The van der Waals surface area contributed by atoms with Gasteiger partial charge in [0.25, 0.3) is 0 Å². The summed E-state index contributed by atoms with van der Waals surface area (Å²) in [6.07, 6.45) is 0. The normalized spacial score (nSPS) is 9.90. The predicted molar refractivity (Wildman–Crippen MR) is 71.4 cm³/mol. The van der Waals surface area contributed by atoms with Gasteiger partial charge in [-0.25, -0.2) is 8.78 Å². The van der Waals surface area contributed by atoms with Gasteiger partial charge in [-0.2, -0.15) is 5.26 Å². The van der Waals surface area contributed by atoms with E-state index in [9.17, 15) is 8.78 Å². The lowest BCUT2D eigenvalue weighted by molar-refractivity contribution is 0.416. The molecule has 2 aromatic rings. The zero-order valence-corrected chi connectivity index (χ0v) is 10.8. The molecule has 0 aromatic heterocycles. The van der Waals surface area contributed by atoms with Gasteiger partial charge in [-0.3, -0.25) is 0 Å². The third-order valence-electron chi connectivity index (χ3n) is 2.76. The Hall–Kier alpha value is -2.61. The third kappa shape index (κ3) is 3.04. The number of rotatable bonds is 4. The number of hydrogen-bond acceptors (Lipinski definition) is 3. The molecule has 0 fully saturated rings. The number of nitriles is 1. The van der Waals surface area contributed by atoms with Crippen LogP contribution < -0.4 is 10.1 Å². The van der Waals surface area contributed by atoms with Crippen LogP contribution in [-0.4, -0.2) is 7.11 Å². The summed E-state index contributed by atoms with van der Waals surface area (Å²) in [6.45, 7) is 0.184. The van der Waals surface area contributed by atoms with Gasteiger partial charge >= 0.3 is 0 Å². The lowest BCUT2D eigenvalue weighted by Crippen LogP contribution is -2.04. The van der Waals surface area contributed by atoms with Crippen LogP contribution in [-0.2, 0) is 6.54 Å². The summed E-state index contributed by atoms with van der Waals surface area (Å²) in [4.78, 5) is 0. The first kappa shape index (κ1) is 13.8. The smallest absolute Gasteiger partial charge is 0.143 e. The molecule has 0 aliphatic heterocycles. The Kier molecular flexibility index (Phi) is 4.16. The van der Waals surface area contributed by atoms with E-state index >= 15 is 0 Å². The average Bonchev–Trinajstić information content (AvgIpc) is 2.43. The summed E-state index contributed by atoms with van der Waals surface area (Å²) in [5, 5.41) is 12.0. The summed E-state index contributed by atoms with van der Waals surface area (Å²) in [5.74, 6) is -0.773. The van der Waals surface area contributed by atoms with E-state index in [4.69, 9.17) is 10.00 Å². The van der Waals surface area contributed by atoms with Crippen molar-refractivity contribution in [1.29, 1.82) is 5.26 Å². The van der Waals surface area contributed by atoms with Gasteiger partial charge in [-0.05, 0) is 29.8 Å². The molecule has 1 N–H and O–H groups in total. The maximum atomic E-state index is 13.1. The summed E-state index contributed by atoms with van der Waals surface area (Å²) in [6, 6.07) is 10.4. The van der Waals surface area contributed by atoms with Crippen molar-refractivity contribution < 1.29 is 13.5 Å². The molecule has 0 bridgehead atoms. The number of benzene rings is 2. The minimum atomic E-state index is -0.637. The monoisotopic (exact) mass is 274 g/mol. The first-order valence-electron chi connectivity index (χ1n) is 5.90. The van der Waals surface area contributed by atoms with E-state index in [-0.39, 0.29) is 6.54 Å². The van der Waals surface area contributed by atoms with Crippen molar-refractivity contribution in [2.75, 3.05) is 12.4 Å². The van der Waals surface area contributed by atoms with Crippen molar-refractivity contribution in [3.05, 3.63) is 59.2 Å². The SMILES string of the molecule is COc1cccc(C#N)c1NCc1cc(F)cc(F)c1. The molecule has 0 heterocycles. The second-order valence-corrected chi connectivity index (χ2v) is 4.13. The molecule has 20 heavy (non-hydrogen) atoms. The van der Waals surface area contributed by atoms with Crippen LogP contribution in [0.4, 0.5) is 14.5 Å². The van der Waals surface area contributed by atoms with E-state index in [1.54, 1.807) is 18.2 Å². The molecule has 2 aromatic carbocycles. The van der Waals surface area contributed by atoms with Crippen LogP contribution in [0, 0.1) is 23.0 Å². The Morgan fingerprint density at radius 1 is 1.20 bits per heavy atom. The molecular formula is C15H12F2N2O. The molecule has 0 saturated carbocycles. The molecule has 2 rings (SSSR count). The fourth-order valence-corrected chi connectivity index (χ4v) is 1.88.